The van der Waals surface area contributed by atoms with E-state index < -0.39 is 6.04 Å². The lowest BCUT2D eigenvalue weighted by atomic mass is 10.1. The Bertz CT molecular complexity index is 1040. The SMILES string of the molecule is O=C(CC1C(=O)NCCN1C(=O)CN1CCN(c2ccc(F)cc2)CC1)Nc1cccc(Cl)c1. The third-order valence-corrected chi connectivity index (χ3v) is 6.30. The molecule has 2 N–H and O–H groups in total. The molecule has 1 atom stereocenters. The third kappa shape index (κ3) is 6.03. The van der Waals surface area contributed by atoms with Gasteiger partial charge in [0.05, 0.1) is 13.0 Å². The smallest absolute Gasteiger partial charge is 0.243 e. The first-order chi connectivity index (χ1) is 16.4. The lowest BCUT2D eigenvalue weighted by Crippen LogP contribution is -2.60. The topological polar surface area (TPSA) is 85.0 Å². The van der Waals surface area contributed by atoms with E-state index in [1.54, 1.807) is 36.4 Å². The van der Waals surface area contributed by atoms with Crippen LogP contribution in [0.5, 0.6) is 0 Å². The van der Waals surface area contributed by atoms with E-state index in [2.05, 4.69) is 15.5 Å². The molecule has 0 saturated carbocycles. The monoisotopic (exact) mass is 487 g/mol. The van der Waals surface area contributed by atoms with Crippen molar-refractivity contribution >= 4 is 40.7 Å². The number of rotatable bonds is 6. The highest BCUT2D eigenvalue weighted by Crippen LogP contribution is 2.19. The molecule has 180 valence electrons. The van der Waals surface area contributed by atoms with Gasteiger partial charge in [0.1, 0.15) is 11.9 Å². The summed E-state index contributed by atoms with van der Waals surface area (Å²) in [7, 11) is 0. The molecule has 2 fully saturated rings. The molecule has 3 amide bonds. The van der Waals surface area contributed by atoms with Crippen molar-refractivity contribution in [2.24, 2.45) is 0 Å². The molecular weight excluding hydrogens is 461 g/mol. The van der Waals surface area contributed by atoms with Crippen LogP contribution in [0.1, 0.15) is 6.42 Å². The number of anilines is 2. The first-order valence-corrected chi connectivity index (χ1v) is 11.6. The van der Waals surface area contributed by atoms with Gasteiger partial charge in [-0.3, -0.25) is 19.3 Å². The molecule has 2 saturated heterocycles. The first-order valence-electron chi connectivity index (χ1n) is 11.2. The van der Waals surface area contributed by atoms with Gasteiger partial charge in [0.25, 0.3) is 0 Å². The zero-order valence-electron chi connectivity index (χ0n) is 18.7. The zero-order chi connectivity index (χ0) is 24.1. The highest BCUT2D eigenvalue weighted by molar-refractivity contribution is 6.30. The van der Waals surface area contributed by atoms with Crippen molar-refractivity contribution < 1.29 is 18.8 Å². The van der Waals surface area contributed by atoms with E-state index in [9.17, 15) is 18.8 Å². The minimum Gasteiger partial charge on any atom is -0.369 e. The normalized spacial score (nSPS) is 19.0. The van der Waals surface area contributed by atoms with Crippen LogP contribution in [0.3, 0.4) is 0 Å². The highest BCUT2D eigenvalue weighted by atomic mass is 35.5. The van der Waals surface area contributed by atoms with Gasteiger partial charge < -0.3 is 20.4 Å². The molecule has 2 aromatic carbocycles. The molecule has 2 heterocycles. The number of hydrogen-bond acceptors (Lipinski definition) is 5. The number of carbonyl (C=O) groups is 3. The number of nitrogens with zero attached hydrogens (tertiary/aromatic N) is 3. The molecule has 34 heavy (non-hydrogen) atoms. The van der Waals surface area contributed by atoms with Gasteiger partial charge in [-0.25, -0.2) is 4.39 Å². The van der Waals surface area contributed by atoms with E-state index >= 15 is 0 Å². The number of amides is 3. The minimum absolute atomic E-state index is 0.136. The number of benzene rings is 2. The van der Waals surface area contributed by atoms with Crippen LogP contribution in [0.25, 0.3) is 0 Å². The van der Waals surface area contributed by atoms with E-state index in [0.717, 1.165) is 5.69 Å². The van der Waals surface area contributed by atoms with Crippen molar-refractivity contribution in [3.05, 3.63) is 59.4 Å². The maximum absolute atomic E-state index is 13.2. The summed E-state index contributed by atoms with van der Waals surface area (Å²) in [6, 6.07) is 12.3. The summed E-state index contributed by atoms with van der Waals surface area (Å²) in [5.74, 6) is -1.14. The summed E-state index contributed by atoms with van der Waals surface area (Å²) in [6.45, 7) is 3.66. The maximum atomic E-state index is 13.2. The van der Waals surface area contributed by atoms with Crippen LogP contribution in [0.4, 0.5) is 15.8 Å². The van der Waals surface area contributed by atoms with Gasteiger partial charge in [0.15, 0.2) is 0 Å². The fourth-order valence-corrected chi connectivity index (χ4v) is 4.46. The van der Waals surface area contributed by atoms with Crippen LogP contribution in [0, 0.1) is 5.82 Å². The predicted octanol–water partition coefficient (Wildman–Crippen LogP) is 1.96. The average Bonchev–Trinajstić information content (AvgIpc) is 2.81. The Labute approximate surface area is 202 Å². The van der Waals surface area contributed by atoms with Gasteiger partial charge in [-0.2, -0.15) is 0 Å². The standard InChI is InChI=1S/C24H27ClFN5O3/c25-17-2-1-3-19(14-17)28-22(32)15-21-24(34)27-8-9-31(21)23(33)16-29-10-12-30(13-11-29)20-6-4-18(26)5-7-20/h1-7,14,21H,8-13,15-16H2,(H,27,34)(H,28,32). The summed E-state index contributed by atoms with van der Waals surface area (Å²) in [5, 5.41) is 5.97. The van der Waals surface area contributed by atoms with Gasteiger partial charge in [0.2, 0.25) is 17.7 Å². The molecule has 0 spiro atoms. The Hall–Kier alpha value is -3.17. The van der Waals surface area contributed by atoms with Crippen LogP contribution < -0.4 is 15.5 Å². The van der Waals surface area contributed by atoms with Crippen molar-refractivity contribution in [2.75, 3.05) is 56.0 Å². The summed E-state index contributed by atoms with van der Waals surface area (Å²) in [4.78, 5) is 43.9. The highest BCUT2D eigenvalue weighted by Gasteiger charge is 2.35. The molecule has 10 heteroatoms. The Kier molecular flexibility index (Phi) is 7.64. The van der Waals surface area contributed by atoms with E-state index in [-0.39, 0.29) is 36.5 Å². The molecule has 2 aromatic rings. The lowest BCUT2D eigenvalue weighted by molar-refractivity contribution is -0.145. The minimum atomic E-state index is -0.860. The van der Waals surface area contributed by atoms with Crippen LogP contribution in [0.2, 0.25) is 5.02 Å². The zero-order valence-corrected chi connectivity index (χ0v) is 19.4. The summed E-state index contributed by atoms with van der Waals surface area (Å²) in [6.07, 6.45) is -0.136. The number of nitrogens with one attached hydrogen (secondary N) is 2. The van der Waals surface area contributed by atoms with Gasteiger partial charge in [-0.05, 0) is 42.5 Å². The molecule has 0 aliphatic carbocycles. The molecule has 1 unspecified atom stereocenters. The number of halogens is 2. The van der Waals surface area contributed by atoms with Crippen LogP contribution in [0.15, 0.2) is 48.5 Å². The Morgan fingerprint density at radius 3 is 2.50 bits per heavy atom. The second-order valence-electron chi connectivity index (χ2n) is 8.40. The van der Waals surface area contributed by atoms with Crippen molar-refractivity contribution in [3.63, 3.8) is 0 Å². The van der Waals surface area contributed by atoms with Crippen molar-refractivity contribution in [3.8, 4) is 0 Å². The molecule has 0 radical (unpaired) electrons. The Morgan fingerprint density at radius 2 is 1.79 bits per heavy atom. The molecule has 0 aromatic heterocycles. The van der Waals surface area contributed by atoms with E-state index in [1.807, 2.05) is 4.90 Å². The summed E-state index contributed by atoms with van der Waals surface area (Å²) >= 11 is 5.96. The van der Waals surface area contributed by atoms with Crippen molar-refractivity contribution in [1.29, 1.82) is 0 Å². The van der Waals surface area contributed by atoms with E-state index in [1.165, 1.54) is 17.0 Å². The molecular formula is C24H27ClFN5O3. The number of hydrogen-bond donors (Lipinski definition) is 2. The summed E-state index contributed by atoms with van der Waals surface area (Å²) in [5.41, 5.74) is 1.48. The Balaban J connectivity index is 1.32. The number of carbonyl (C=O) groups excluding carboxylic acids is 3. The second-order valence-corrected chi connectivity index (χ2v) is 8.83. The van der Waals surface area contributed by atoms with E-state index in [4.69, 9.17) is 11.6 Å². The average molecular weight is 488 g/mol. The quantitative estimate of drug-likeness (QED) is 0.650. The summed E-state index contributed by atoms with van der Waals surface area (Å²) < 4.78 is 13.2. The van der Waals surface area contributed by atoms with Crippen LogP contribution >= 0.6 is 11.6 Å². The molecule has 4 rings (SSSR count). The lowest BCUT2D eigenvalue weighted by Gasteiger charge is -2.39. The molecule has 2 aliphatic heterocycles. The molecule has 0 bridgehead atoms. The number of piperazine rings is 2. The largest absolute Gasteiger partial charge is 0.369 e. The third-order valence-electron chi connectivity index (χ3n) is 6.06. The maximum Gasteiger partial charge on any atom is 0.243 e. The van der Waals surface area contributed by atoms with Crippen molar-refractivity contribution in [1.82, 2.24) is 15.1 Å². The Morgan fingerprint density at radius 1 is 1.06 bits per heavy atom. The van der Waals surface area contributed by atoms with Gasteiger partial charge >= 0.3 is 0 Å². The fraction of sp³-hybridized carbons (Fsp3) is 0.375. The van der Waals surface area contributed by atoms with Crippen molar-refractivity contribution in [2.45, 2.75) is 12.5 Å². The second kappa shape index (κ2) is 10.8. The molecule has 2 aliphatic rings. The first kappa shape index (κ1) is 24.0. The fourth-order valence-electron chi connectivity index (χ4n) is 4.27. The van der Waals surface area contributed by atoms with Crippen LogP contribution in [-0.4, -0.2) is 79.4 Å². The molecule has 8 nitrogen and oxygen atoms in total. The van der Waals surface area contributed by atoms with Crippen LogP contribution in [-0.2, 0) is 14.4 Å². The predicted molar refractivity (Wildman–Crippen MR) is 128 cm³/mol. The van der Waals surface area contributed by atoms with Gasteiger partial charge in [-0.1, -0.05) is 17.7 Å². The van der Waals surface area contributed by atoms with Gasteiger partial charge in [0, 0.05) is 55.7 Å². The van der Waals surface area contributed by atoms with Gasteiger partial charge in [-0.15, -0.1) is 0 Å². The van der Waals surface area contributed by atoms with E-state index in [0.29, 0.717) is 50.0 Å².